The van der Waals surface area contributed by atoms with E-state index in [2.05, 4.69) is 4.98 Å². The molecule has 132 valence electrons. The number of benzene rings is 1. The van der Waals surface area contributed by atoms with Crippen molar-refractivity contribution in [3.8, 4) is 0 Å². The minimum atomic E-state index is -0.228. The summed E-state index contributed by atoms with van der Waals surface area (Å²) in [6, 6.07) is 7.80. The second-order valence-electron chi connectivity index (χ2n) is 6.67. The molecule has 2 aromatic rings. The summed E-state index contributed by atoms with van der Waals surface area (Å²) in [6.07, 6.45) is 1.59. The number of fused-ring (bicyclic) bond motifs is 1. The van der Waals surface area contributed by atoms with Gasteiger partial charge in [0.2, 0.25) is 0 Å². The van der Waals surface area contributed by atoms with Crippen LogP contribution in [0.3, 0.4) is 0 Å². The van der Waals surface area contributed by atoms with Crippen LogP contribution in [0.4, 0.5) is 0 Å². The third kappa shape index (κ3) is 3.65. The summed E-state index contributed by atoms with van der Waals surface area (Å²) in [6.45, 7) is 7.17. The molecule has 25 heavy (non-hydrogen) atoms. The fourth-order valence-electron chi connectivity index (χ4n) is 3.43. The molecule has 0 aliphatic carbocycles. The van der Waals surface area contributed by atoms with Crippen molar-refractivity contribution in [1.29, 1.82) is 0 Å². The molecule has 0 spiro atoms. The third-order valence-electron chi connectivity index (χ3n) is 4.65. The van der Waals surface area contributed by atoms with Crippen LogP contribution in [0, 0.1) is 19.8 Å². The summed E-state index contributed by atoms with van der Waals surface area (Å²) in [4.78, 5) is 31.5. The molecule has 5 nitrogen and oxygen atoms in total. The number of esters is 1. The Hall–Kier alpha value is -2.43. The molecule has 0 radical (unpaired) electrons. The van der Waals surface area contributed by atoms with Crippen molar-refractivity contribution in [3.63, 3.8) is 0 Å². The van der Waals surface area contributed by atoms with E-state index in [1.54, 1.807) is 11.8 Å². The molecule has 2 heterocycles. The smallest absolute Gasteiger partial charge is 0.310 e. The number of pyridine rings is 1. The minimum absolute atomic E-state index is 0.0323. The number of carbonyl (C=O) groups is 2. The first-order valence-electron chi connectivity index (χ1n) is 8.83. The number of amides is 1. The van der Waals surface area contributed by atoms with Gasteiger partial charge < -0.3 is 9.64 Å². The zero-order valence-electron chi connectivity index (χ0n) is 15.0. The largest absolute Gasteiger partial charge is 0.466 e. The third-order valence-corrected chi connectivity index (χ3v) is 4.65. The van der Waals surface area contributed by atoms with E-state index in [0.29, 0.717) is 25.3 Å². The van der Waals surface area contributed by atoms with E-state index in [4.69, 9.17) is 4.74 Å². The van der Waals surface area contributed by atoms with Crippen molar-refractivity contribution >= 4 is 22.8 Å². The zero-order valence-corrected chi connectivity index (χ0v) is 15.0. The van der Waals surface area contributed by atoms with Gasteiger partial charge in [0.15, 0.2) is 0 Å². The van der Waals surface area contributed by atoms with Gasteiger partial charge in [0.1, 0.15) is 0 Å². The Morgan fingerprint density at radius 1 is 1.28 bits per heavy atom. The molecule has 5 heteroatoms. The van der Waals surface area contributed by atoms with Crippen molar-refractivity contribution in [2.75, 3.05) is 19.7 Å². The van der Waals surface area contributed by atoms with Gasteiger partial charge in [-0.2, -0.15) is 0 Å². The quantitative estimate of drug-likeness (QED) is 0.805. The molecule has 1 aliphatic rings. The van der Waals surface area contributed by atoms with Crippen molar-refractivity contribution in [2.24, 2.45) is 5.92 Å². The number of likely N-dealkylation sites (tertiary alicyclic amines) is 1. The van der Waals surface area contributed by atoms with Gasteiger partial charge in [0.25, 0.3) is 5.91 Å². The lowest BCUT2D eigenvalue weighted by Crippen LogP contribution is -2.42. The number of hydrogen-bond donors (Lipinski definition) is 0. The maximum Gasteiger partial charge on any atom is 0.310 e. The van der Waals surface area contributed by atoms with Crippen LogP contribution in [0.25, 0.3) is 10.9 Å². The van der Waals surface area contributed by atoms with Crippen LogP contribution in [-0.2, 0) is 9.53 Å². The molecule has 1 aromatic heterocycles. The molecule has 0 N–H and O–H groups in total. The number of hydrogen-bond acceptors (Lipinski definition) is 4. The highest BCUT2D eigenvalue weighted by Gasteiger charge is 2.30. The molecule has 1 aliphatic heterocycles. The number of ether oxygens (including phenoxy) is 1. The molecule has 1 atom stereocenters. The lowest BCUT2D eigenvalue weighted by molar-refractivity contribution is -0.149. The molecule has 1 unspecified atom stereocenters. The molecular formula is C20H24N2O3. The van der Waals surface area contributed by atoms with E-state index >= 15 is 0 Å². The second-order valence-corrected chi connectivity index (χ2v) is 6.67. The van der Waals surface area contributed by atoms with Crippen LogP contribution in [-0.4, -0.2) is 41.5 Å². The van der Waals surface area contributed by atoms with Gasteiger partial charge in [-0.3, -0.25) is 14.6 Å². The topological polar surface area (TPSA) is 59.5 Å². The summed E-state index contributed by atoms with van der Waals surface area (Å²) in [5, 5.41) is 0.869. The Morgan fingerprint density at radius 3 is 2.84 bits per heavy atom. The molecular weight excluding hydrogens is 316 g/mol. The highest BCUT2D eigenvalue weighted by Crippen LogP contribution is 2.25. The van der Waals surface area contributed by atoms with Crippen LogP contribution in [0.1, 0.15) is 41.4 Å². The van der Waals surface area contributed by atoms with Gasteiger partial charge in [0.05, 0.1) is 23.6 Å². The Labute approximate surface area is 148 Å². The second kappa shape index (κ2) is 7.21. The molecule has 0 saturated carbocycles. The van der Waals surface area contributed by atoms with E-state index in [0.717, 1.165) is 35.0 Å². The summed E-state index contributed by atoms with van der Waals surface area (Å²) in [5.41, 5.74) is 3.40. The van der Waals surface area contributed by atoms with Crippen LogP contribution in [0.2, 0.25) is 0 Å². The Kier molecular flexibility index (Phi) is 5.02. The van der Waals surface area contributed by atoms with Crippen molar-refractivity contribution in [1.82, 2.24) is 9.88 Å². The summed E-state index contributed by atoms with van der Waals surface area (Å²) >= 11 is 0. The molecule has 1 amide bonds. The monoisotopic (exact) mass is 340 g/mol. The first-order valence-corrected chi connectivity index (χ1v) is 8.83. The maximum atomic E-state index is 13.1. The number of aryl methyl sites for hydroxylation is 2. The van der Waals surface area contributed by atoms with Gasteiger partial charge in [-0.15, -0.1) is 0 Å². The van der Waals surface area contributed by atoms with Crippen molar-refractivity contribution in [3.05, 3.63) is 41.1 Å². The number of carbonyl (C=O) groups excluding carboxylic acids is 2. The predicted molar refractivity (Wildman–Crippen MR) is 96.5 cm³/mol. The van der Waals surface area contributed by atoms with Gasteiger partial charge >= 0.3 is 5.97 Å². The number of rotatable bonds is 3. The average molecular weight is 340 g/mol. The number of nitrogens with zero attached hydrogens (tertiary/aromatic N) is 2. The maximum absolute atomic E-state index is 13.1. The number of aromatic nitrogens is 1. The molecule has 1 saturated heterocycles. The van der Waals surface area contributed by atoms with Crippen LogP contribution in [0.15, 0.2) is 24.3 Å². The molecule has 3 rings (SSSR count). The normalized spacial score (nSPS) is 17.6. The predicted octanol–water partition coefficient (Wildman–Crippen LogP) is 3.27. The van der Waals surface area contributed by atoms with E-state index in [9.17, 15) is 9.59 Å². The van der Waals surface area contributed by atoms with Crippen molar-refractivity contribution in [2.45, 2.75) is 33.6 Å². The molecule has 1 aromatic carbocycles. The lowest BCUT2D eigenvalue weighted by Gasteiger charge is -2.32. The Bertz CT molecular complexity index is 816. The number of piperidine rings is 1. The Morgan fingerprint density at radius 2 is 2.08 bits per heavy atom. The fourth-order valence-corrected chi connectivity index (χ4v) is 3.43. The Balaban J connectivity index is 1.91. The minimum Gasteiger partial charge on any atom is -0.466 e. The summed E-state index contributed by atoms with van der Waals surface area (Å²) in [7, 11) is 0. The van der Waals surface area contributed by atoms with E-state index in [1.807, 2.05) is 38.1 Å². The van der Waals surface area contributed by atoms with Crippen molar-refractivity contribution < 1.29 is 14.3 Å². The lowest BCUT2D eigenvalue weighted by atomic mass is 9.96. The highest BCUT2D eigenvalue weighted by atomic mass is 16.5. The van der Waals surface area contributed by atoms with Crippen LogP contribution < -0.4 is 0 Å². The van der Waals surface area contributed by atoms with Gasteiger partial charge in [-0.25, -0.2) is 0 Å². The highest BCUT2D eigenvalue weighted by molar-refractivity contribution is 6.06. The van der Waals surface area contributed by atoms with Gasteiger partial charge in [-0.05, 0) is 51.8 Å². The SMILES string of the molecule is CCOC(=O)C1CCCN(C(=O)c2cc(C)nc3ccc(C)cc23)C1. The van der Waals surface area contributed by atoms with Gasteiger partial charge in [-0.1, -0.05) is 11.6 Å². The van der Waals surface area contributed by atoms with E-state index in [-0.39, 0.29) is 17.8 Å². The van der Waals surface area contributed by atoms with Crippen LogP contribution >= 0.6 is 0 Å². The molecule has 1 fully saturated rings. The molecule has 0 bridgehead atoms. The zero-order chi connectivity index (χ0) is 18.0. The standard InChI is InChI=1S/C20H24N2O3/c1-4-25-20(24)15-6-5-9-22(12-15)19(23)17-11-14(3)21-18-8-7-13(2)10-16(17)18/h7-8,10-11,15H,4-6,9,12H2,1-3H3. The fraction of sp³-hybridized carbons (Fsp3) is 0.450. The first-order chi connectivity index (χ1) is 12.0. The summed E-state index contributed by atoms with van der Waals surface area (Å²) < 4.78 is 5.13. The summed E-state index contributed by atoms with van der Waals surface area (Å²) in [5.74, 6) is -0.463. The van der Waals surface area contributed by atoms with Crippen LogP contribution in [0.5, 0.6) is 0 Å². The van der Waals surface area contributed by atoms with E-state index < -0.39 is 0 Å². The van der Waals surface area contributed by atoms with Gasteiger partial charge in [0, 0.05) is 24.2 Å². The van der Waals surface area contributed by atoms with E-state index in [1.165, 1.54) is 0 Å². The average Bonchev–Trinajstić information content (AvgIpc) is 2.61. The first kappa shape index (κ1) is 17.4.